The number of nitrogens with two attached hydrogens (primary N) is 1. The molecular formula is C8H15F2N3O3. The van der Waals surface area contributed by atoms with Gasteiger partial charge in [-0.15, -0.1) is 0 Å². The summed E-state index contributed by atoms with van der Waals surface area (Å²) in [5.41, 5.74) is 4.99. The lowest BCUT2D eigenvalue weighted by Gasteiger charge is -2.06. The molecule has 16 heavy (non-hydrogen) atoms. The third-order valence-corrected chi connectivity index (χ3v) is 1.44. The van der Waals surface area contributed by atoms with Crippen LogP contribution in [0.2, 0.25) is 0 Å². The predicted molar refractivity (Wildman–Crippen MR) is 51.9 cm³/mol. The normalized spacial score (nSPS) is 10.2. The summed E-state index contributed by atoms with van der Waals surface area (Å²) in [6.07, 6.45) is -2.51. The summed E-state index contributed by atoms with van der Waals surface area (Å²) in [6, 6.07) is 0. The van der Waals surface area contributed by atoms with Crippen molar-refractivity contribution in [1.29, 1.82) is 0 Å². The monoisotopic (exact) mass is 239 g/mol. The van der Waals surface area contributed by atoms with E-state index in [0.29, 0.717) is 0 Å². The van der Waals surface area contributed by atoms with Gasteiger partial charge in [0.15, 0.2) is 0 Å². The number of hydrogen-bond acceptors (Lipinski definition) is 4. The first kappa shape index (κ1) is 14.7. The number of carbonyl (C=O) groups is 2. The molecule has 0 radical (unpaired) electrons. The van der Waals surface area contributed by atoms with Crippen molar-refractivity contribution >= 4 is 11.8 Å². The van der Waals surface area contributed by atoms with Crippen LogP contribution in [0, 0.1) is 0 Å². The zero-order valence-electron chi connectivity index (χ0n) is 8.67. The lowest BCUT2D eigenvalue weighted by atomic mass is 10.5. The van der Waals surface area contributed by atoms with E-state index in [2.05, 4.69) is 15.4 Å². The minimum Gasteiger partial charge on any atom is -0.374 e. The van der Waals surface area contributed by atoms with Crippen LogP contribution in [-0.4, -0.2) is 51.1 Å². The van der Waals surface area contributed by atoms with Gasteiger partial charge in [-0.3, -0.25) is 9.59 Å². The Balaban J connectivity index is 3.34. The number of nitrogens with one attached hydrogen (secondary N) is 2. The summed E-state index contributed by atoms with van der Waals surface area (Å²) in [7, 11) is 0. The zero-order valence-corrected chi connectivity index (χ0v) is 8.67. The van der Waals surface area contributed by atoms with Crippen molar-refractivity contribution in [3.63, 3.8) is 0 Å². The largest absolute Gasteiger partial charge is 0.374 e. The molecule has 0 atom stereocenters. The predicted octanol–water partition coefficient (Wildman–Crippen LogP) is -1.54. The molecule has 8 heteroatoms. The quantitative estimate of drug-likeness (QED) is 0.447. The van der Waals surface area contributed by atoms with Crippen LogP contribution in [0.4, 0.5) is 8.78 Å². The van der Waals surface area contributed by atoms with E-state index in [1.54, 1.807) is 0 Å². The number of halogens is 2. The van der Waals surface area contributed by atoms with E-state index in [1.165, 1.54) is 0 Å². The van der Waals surface area contributed by atoms with Crippen molar-refractivity contribution in [3.8, 4) is 0 Å². The highest BCUT2D eigenvalue weighted by atomic mass is 19.3. The number of amides is 2. The standard InChI is InChI=1S/C8H15F2N3O3/c9-6(10)5-16-2-1-12-8(15)4-13-7(14)3-11/h6H,1-5,11H2,(H,12,15)(H,13,14). The number of alkyl halides is 2. The molecule has 0 bridgehead atoms. The molecule has 0 aliphatic heterocycles. The first-order chi connectivity index (χ1) is 7.56. The Bertz CT molecular complexity index is 227. The lowest BCUT2D eigenvalue weighted by Crippen LogP contribution is -2.40. The van der Waals surface area contributed by atoms with Gasteiger partial charge >= 0.3 is 0 Å². The first-order valence-electron chi connectivity index (χ1n) is 4.65. The van der Waals surface area contributed by atoms with E-state index in [9.17, 15) is 18.4 Å². The van der Waals surface area contributed by atoms with Crippen molar-refractivity contribution in [3.05, 3.63) is 0 Å². The van der Waals surface area contributed by atoms with E-state index in [-0.39, 0.29) is 26.2 Å². The highest BCUT2D eigenvalue weighted by Gasteiger charge is 2.04. The van der Waals surface area contributed by atoms with Gasteiger partial charge < -0.3 is 21.1 Å². The van der Waals surface area contributed by atoms with Gasteiger partial charge in [0.25, 0.3) is 6.43 Å². The number of hydrogen-bond donors (Lipinski definition) is 3. The van der Waals surface area contributed by atoms with Crippen molar-refractivity contribution in [2.45, 2.75) is 6.43 Å². The molecule has 94 valence electrons. The number of ether oxygens (including phenoxy) is 1. The van der Waals surface area contributed by atoms with Gasteiger partial charge in [0.05, 0.1) is 19.7 Å². The SMILES string of the molecule is NCC(=O)NCC(=O)NCCOCC(F)F. The maximum absolute atomic E-state index is 11.6. The Labute approximate surface area is 91.5 Å². The molecule has 4 N–H and O–H groups in total. The maximum Gasteiger partial charge on any atom is 0.261 e. The van der Waals surface area contributed by atoms with Crippen molar-refractivity contribution in [2.24, 2.45) is 5.73 Å². The summed E-state index contributed by atoms with van der Waals surface area (Å²) in [5, 5.41) is 4.63. The van der Waals surface area contributed by atoms with E-state index in [0.717, 1.165) is 0 Å². The molecule has 0 saturated carbocycles. The van der Waals surface area contributed by atoms with Crippen molar-refractivity contribution in [2.75, 3.05) is 32.8 Å². The minimum atomic E-state index is -2.51. The lowest BCUT2D eigenvalue weighted by molar-refractivity contribution is -0.125. The van der Waals surface area contributed by atoms with E-state index in [1.807, 2.05) is 0 Å². The Morgan fingerprint density at radius 2 is 1.94 bits per heavy atom. The summed E-state index contributed by atoms with van der Waals surface area (Å²) in [4.78, 5) is 21.6. The molecule has 0 spiro atoms. The fourth-order valence-corrected chi connectivity index (χ4v) is 0.749. The van der Waals surface area contributed by atoms with Crippen LogP contribution in [0.1, 0.15) is 0 Å². The fraction of sp³-hybridized carbons (Fsp3) is 0.750. The minimum absolute atomic E-state index is 0.000908. The van der Waals surface area contributed by atoms with E-state index >= 15 is 0 Å². The second-order valence-electron chi connectivity index (χ2n) is 2.80. The molecule has 0 aliphatic carbocycles. The second-order valence-corrected chi connectivity index (χ2v) is 2.80. The molecular weight excluding hydrogens is 224 g/mol. The molecule has 0 heterocycles. The van der Waals surface area contributed by atoms with Crippen LogP contribution in [0.5, 0.6) is 0 Å². The highest BCUT2D eigenvalue weighted by Crippen LogP contribution is 1.91. The van der Waals surface area contributed by atoms with Gasteiger partial charge in [0.2, 0.25) is 11.8 Å². The second kappa shape index (κ2) is 8.98. The summed E-state index contributed by atoms with van der Waals surface area (Å²) >= 11 is 0. The molecule has 0 saturated heterocycles. The first-order valence-corrected chi connectivity index (χ1v) is 4.65. The number of carbonyl (C=O) groups excluding carboxylic acids is 2. The molecule has 0 aromatic heterocycles. The van der Waals surface area contributed by atoms with Crippen LogP contribution in [-0.2, 0) is 14.3 Å². The van der Waals surface area contributed by atoms with Crippen LogP contribution >= 0.6 is 0 Å². The summed E-state index contributed by atoms with van der Waals surface area (Å²) in [6.45, 7) is -0.916. The van der Waals surface area contributed by atoms with Gasteiger partial charge in [0, 0.05) is 6.54 Å². The van der Waals surface area contributed by atoms with Gasteiger partial charge in [-0.25, -0.2) is 8.78 Å². The molecule has 0 aromatic rings. The molecule has 0 aromatic carbocycles. The van der Waals surface area contributed by atoms with Gasteiger partial charge in [-0.1, -0.05) is 0 Å². The Hall–Kier alpha value is -1.28. The number of rotatable bonds is 8. The fourth-order valence-electron chi connectivity index (χ4n) is 0.749. The Morgan fingerprint density at radius 1 is 1.25 bits per heavy atom. The molecule has 0 aliphatic rings. The van der Waals surface area contributed by atoms with E-state index in [4.69, 9.17) is 5.73 Å². The maximum atomic E-state index is 11.6. The summed E-state index contributed by atoms with van der Waals surface area (Å²) in [5.74, 6) is -0.869. The summed E-state index contributed by atoms with van der Waals surface area (Å²) < 4.78 is 27.7. The van der Waals surface area contributed by atoms with Crippen LogP contribution in [0.3, 0.4) is 0 Å². The van der Waals surface area contributed by atoms with Gasteiger partial charge in [-0.2, -0.15) is 0 Å². The highest BCUT2D eigenvalue weighted by molar-refractivity contribution is 5.85. The third kappa shape index (κ3) is 9.28. The average molecular weight is 239 g/mol. The van der Waals surface area contributed by atoms with Gasteiger partial charge in [0.1, 0.15) is 6.61 Å². The molecule has 0 unspecified atom stereocenters. The van der Waals surface area contributed by atoms with Crippen molar-refractivity contribution in [1.82, 2.24) is 10.6 Å². The van der Waals surface area contributed by atoms with Crippen LogP contribution in [0.15, 0.2) is 0 Å². The van der Waals surface area contributed by atoms with E-state index < -0.39 is 24.8 Å². The van der Waals surface area contributed by atoms with Crippen molar-refractivity contribution < 1.29 is 23.1 Å². The average Bonchev–Trinajstić information content (AvgIpc) is 2.24. The molecule has 6 nitrogen and oxygen atoms in total. The smallest absolute Gasteiger partial charge is 0.261 e. The van der Waals surface area contributed by atoms with Gasteiger partial charge in [-0.05, 0) is 0 Å². The third-order valence-electron chi connectivity index (χ3n) is 1.44. The van der Waals surface area contributed by atoms with Crippen LogP contribution < -0.4 is 16.4 Å². The molecule has 0 fully saturated rings. The Morgan fingerprint density at radius 3 is 2.50 bits per heavy atom. The molecule has 2 amide bonds. The van der Waals surface area contributed by atoms with Crippen LogP contribution in [0.25, 0.3) is 0 Å². The Kier molecular flexibility index (Phi) is 8.26. The zero-order chi connectivity index (χ0) is 12.4. The molecule has 0 rings (SSSR count). The topological polar surface area (TPSA) is 93.5 Å².